The van der Waals surface area contributed by atoms with E-state index in [2.05, 4.69) is 4.98 Å². The van der Waals surface area contributed by atoms with Gasteiger partial charge >= 0.3 is 0 Å². The third-order valence-corrected chi connectivity index (χ3v) is 5.27. The predicted molar refractivity (Wildman–Crippen MR) is 112 cm³/mol. The lowest BCUT2D eigenvalue weighted by Crippen LogP contribution is -2.21. The Balaban J connectivity index is 1.54. The van der Waals surface area contributed by atoms with Crippen LogP contribution in [0.4, 0.5) is 0 Å². The average Bonchev–Trinajstić information content (AvgIpc) is 2.74. The number of aromatic nitrogens is 1. The van der Waals surface area contributed by atoms with Crippen LogP contribution >= 0.6 is 11.6 Å². The second-order valence-electron chi connectivity index (χ2n) is 7.04. The second-order valence-corrected chi connectivity index (χ2v) is 7.48. The molecule has 1 aromatic heterocycles. The van der Waals surface area contributed by atoms with Crippen LogP contribution in [0.25, 0.3) is 0 Å². The number of nitrogens with two attached hydrogens (primary N) is 1. The van der Waals surface area contributed by atoms with E-state index in [4.69, 9.17) is 26.8 Å². The van der Waals surface area contributed by atoms with Crippen molar-refractivity contribution in [2.24, 2.45) is 5.73 Å². The molecular weight excluding hydrogens is 404 g/mol. The van der Waals surface area contributed by atoms with Gasteiger partial charge in [-0.05, 0) is 48.9 Å². The van der Waals surface area contributed by atoms with Gasteiger partial charge in [-0.3, -0.25) is 14.6 Å². The molecule has 1 unspecified atom stereocenters. The van der Waals surface area contributed by atoms with Gasteiger partial charge in [0.2, 0.25) is 5.91 Å². The molecule has 2 N–H and O–H groups in total. The Kier molecular flexibility index (Phi) is 5.42. The molecule has 1 atom stereocenters. The maximum absolute atomic E-state index is 12.7. The number of pyridine rings is 1. The van der Waals surface area contributed by atoms with Gasteiger partial charge in [0.05, 0.1) is 23.2 Å². The number of carbonyl (C=O) groups excluding carboxylic acids is 2. The van der Waals surface area contributed by atoms with Crippen LogP contribution in [0.5, 0.6) is 11.5 Å². The molecule has 2 aromatic carbocycles. The highest BCUT2D eigenvalue weighted by Crippen LogP contribution is 2.40. The molecule has 1 amide bonds. The van der Waals surface area contributed by atoms with Crippen LogP contribution in [0, 0.1) is 6.92 Å². The summed E-state index contributed by atoms with van der Waals surface area (Å²) in [7, 11) is 0. The topological polar surface area (TPSA) is 91.5 Å². The fraction of sp³-hybridized carbons (Fsp3) is 0.174. The van der Waals surface area contributed by atoms with Crippen LogP contribution in [0.3, 0.4) is 0 Å². The number of hydrogen-bond donors (Lipinski definition) is 1. The van der Waals surface area contributed by atoms with E-state index in [9.17, 15) is 9.59 Å². The number of Topliss-reactive ketones (excluding diaryl/α,β-unsaturated/α-hetero) is 1. The van der Waals surface area contributed by atoms with Crippen molar-refractivity contribution >= 4 is 23.3 Å². The van der Waals surface area contributed by atoms with Crippen molar-refractivity contribution in [3.8, 4) is 11.5 Å². The van der Waals surface area contributed by atoms with E-state index >= 15 is 0 Å². The summed E-state index contributed by atoms with van der Waals surface area (Å²) < 4.78 is 12.1. The van der Waals surface area contributed by atoms with Crippen LogP contribution in [0.1, 0.15) is 50.1 Å². The zero-order valence-corrected chi connectivity index (χ0v) is 17.0. The van der Waals surface area contributed by atoms with Crippen molar-refractivity contribution in [3.63, 3.8) is 0 Å². The number of benzene rings is 2. The molecule has 0 radical (unpaired) electrons. The Morgan fingerprint density at radius 3 is 2.63 bits per heavy atom. The lowest BCUT2D eigenvalue weighted by Gasteiger charge is -2.27. The van der Waals surface area contributed by atoms with Gasteiger partial charge < -0.3 is 15.2 Å². The predicted octanol–water partition coefficient (Wildman–Crippen LogP) is 4.43. The minimum atomic E-state index is -0.530. The number of primary amides is 1. The number of nitrogens with zero attached hydrogens (tertiary/aromatic N) is 1. The number of ether oxygens (including phenoxy) is 2. The molecule has 2 heterocycles. The fourth-order valence-electron chi connectivity index (χ4n) is 3.33. The van der Waals surface area contributed by atoms with Crippen molar-refractivity contribution in [1.29, 1.82) is 0 Å². The van der Waals surface area contributed by atoms with Gasteiger partial charge in [0.25, 0.3) is 0 Å². The van der Waals surface area contributed by atoms with E-state index < -0.39 is 5.91 Å². The Morgan fingerprint density at radius 1 is 1.20 bits per heavy atom. The number of carbonyl (C=O) groups is 2. The molecule has 0 saturated carbocycles. The Morgan fingerprint density at radius 2 is 1.97 bits per heavy atom. The van der Waals surface area contributed by atoms with Crippen LogP contribution in [0.15, 0.2) is 54.7 Å². The summed E-state index contributed by atoms with van der Waals surface area (Å²) in [5.41, 5.74) is 8.40. The van der Waals surface area contributed by atoms with Crippen LogP contribution in [0.2, 0.25) is 5.02 Å². The van der Waals surface area contributed by atoms with Gasteiger partial charge in [-0.25, -0.2) is 0 Å². The van der Waals surface area contributed by atoms with E-state index in [1.165, 1.54) is 6.20 Å². The lowest BCUT2D eigenvalue weighted by atomic mass is 9.94. The maximum atomic E-state index is 12.7. The number of hydrogen-bond acceptors (Lipinski definition) is 5. The van der Waals surface area contributed by atoms with E-state index in [1.807, 2.05) is 19.1 Å². The zero-order valence-electron chi connectivity index (χ0n) is 16.2. The van der Waals surface area contributed by atoms with Crippen molar-refractivity contribution < 1.29 is 19.1 Å². The normalized spacial score (nSPS) is 15.3. The Bertz CT molecular complexity index is 1110. The summed E-state index contributed by atoms with van der Waals surface area (Å²) in [6.07, 6.45) is 1.31. The molecule has 1 aliphatic rings. The van der Waals surface area contributed by atoms with Gasteiger partial charge in [0.15, 0.2) is 5.78 Å². The smallest absolute Gasteiger partial charge is 0.250 e. The summed E-state index contributed by atoms with van der Waals surface area (Å²) in [5.74, 6) is 0.618. The highest BCUT2D eigenvalue weighted by atomic mass is 35.5. The molecular formula is C23H19ClN2O4. The molecule has 0 aliphatic carbocycles. The van der Waals surface area contributed by atoms with E-state index in [-0.39, 0.29) is 24.9 Å². The summed E-state index contributed by atoms with van der Waals surface area (Å²) >= 11 is 5.96. The van der Waals surface area contributed by atoms with Crippen molar-refractivity contribution in [1.82, 2.24) is 4.98 Å². The van der Waals surface area contributed by atoms with E-state index in [1.54, 1.807) is 36.4 Å². The Labute approximate surface area is 178 Å². The molecule has 152 valence electrons. The largest absolute Gasteiger partial charge is 0.487 e. The molecule has 4 rings (SSSR count). The van der Waals surface area contributed by atoms with Crippen molar-refractivity contribution in [2.45, 2.75) is 26.1 Å². The third-order valence-electron chi connectivity index (χ3n) is 5.01. The molecule has 0 saturated heterocycles. The molecule has 3 aromatic rings. The average molecular weight is 423 g/mol. The molecule has 0 fully saturated rings. The summed E-state index contributed by atoms with van der Waals surface area (Å²) in [6.45, 7) is 2.06. The first kappa shape index (κ1) is 19.9. The van der Waals surface area contributed by atoms with Crippen molar-refractivity contribution in [2.75, 3.05) is 0 Å². The number of amides is 1. The summed E-state index contributed by atoms with van der Waals surface area (Å²) in [5, 5.41) is 0.630. The highest BCUT2D eigenvalue weighted by Gasteiger charge is 2.30. The molecule has 0 spiro atoms. The van der Waals surface area contributed by atoms with Gasteiger partial charge in [0, 0.05) is 16.8 Å². The number of rotatable bonds is 5. The SMILES string of the molecule is Cc1c(OCc2ccc(C(N)=O)cn2)ccc2c1OC(c1ccc(Cl)cc1)CC2=O. The number of halogens is 1. The molecule has 7 heteroatoms. The minimum Gasteiger partial charge on any atom is -0.487 e. The standard InChI is InChI=1S/C23H19ClN2O4/c1-13-20(29-12-17-7-4-15(11-26-17)23(25)28)9-8-18-19(27)10-21(30-22(13)18)14-2-5-16(24)6-3-14/h2-9,11,21H,10,12H2,1H3,(H2,25,28). The fourth-order valence-corrected chi connectivity index (χ4v) is 3.46. The minimum absolute atomic E-state index is 0.0227. The second kappa shape index (κ2) is 8.16. The van der Waals surface area contributed by atoms with Gasteiger partial charge in [-0.1, -0.05) is 23.7 Å². The van der Waals surface area contributed by atoms with Crippen LogP contribution < -0.4 is 15.2 Å². The maximum Gasteiger partial charge on any atom is 0.250 e. The quantitative estimate of drug-likeness (QED) is 0.656. The summed E-state index contributed by atoms with van der Waals surface area (Å²) in [6, 6.07) is 14.1. The Hall–Kier alpha value is -3.38. The van der Waals surface area contributed by atoms with E-state index in [0.717, 1.165) is 11.1 Å². The monoisotopic (exact) mass is 422 g/mol. The third kappa shape index (κ3) is 4.00. The van der Waals surface area contributed by atoms with E-state index in [0.29, 0.717) is 33.3 Å². The first-order chi connectivity index (χ1) is 14.4. The molecule has 1 aliphatic heterocycles. The van der Waals surface area contributed by atoms with Gasteiger partial charge in [-0.15, -0.1) is 0 Å². The van der Waals surface area contributed by atoms with Gasteiger partial charge in [0.1, 0.15) is 24.2 Å². The van der Waals surface area contributed by atoms with Crippen LogP contribution in [-0.2, 0) is 6.61 Å². The first-order valence-electron chi connectivity index (χ1n) is 9.39. The van der Waals surface area contributed by atoms with Crippen molar-refractivity contribution in [3.05, 3.63) is 87.7 Å². The molecule has 0 bridgehead atoms. The molecule has 6 nitrogen and oxygen atoms in total. The zero-order chi connectivity index (χ0) is 21.3. The van der Waals surface area contributed by atoms with Crippen LogP contribution in [-0.4, -0.2) is 16.7 Å². The molecule has 30 heavy (non-hydrogen) atoms. The van der Waals surface area contributed by atoms with Gasteiger partial charge in [-0.2, -0.15) is 0 Å². The highest BCUT2D eigenvalue weighted by molar-refractivity contribution is 6.30. The number of fused-ring (bicyclic) bond motifs is 1. The summed E-state index contributed by atoms with van der Waals surface area (Å²) in [4.78, 5) is 28.0. The number of ketones is 1. The lowest BCUT2D eigenvalue weighted by molar-refractivity contribution is 0.0846. The first-order valence-corrected chi connectivity index (χ1v) is 9.76.